The number of carbonyl (C=O) groups is 1. The topological polar surface area (TPSA) is 49.7 Å². The number of para-hydroxylation sites is 2. The highest BCUT2D eigenvalue weighted by atomic mass is 32.1. The van der Waals surface area contributed by atoms with Gasteiger partial charge in [0.05, 0.1) is 31.1 Å². The van der Waals surface area contributed by atoms with Crippen LogP contribution in [0.15, 0.2) is 66.9 Å². The lowest BCUT2D eigenvalue weighted by molar-refractivity contribution is 0.194. The van der Waals surface area contributed by atoms with E-state index in [0.717, 1.165) is 29.8 Å². The van der Waals surface area contributed by atoms with E-state index in [1.54, 1.807) is 7.11 Å². The van der Waals surface area contributed by atoms with Gasteiger partial charge in [-0.2, -0.15) is 0 Å². The van der Waals surface area contributed by atoms with Crippen molar-refractivity contribution >= 4 is 28.7 Å². The molecule has 37 heavy (non-hydrogen) atoms. The third-order valence-corrected chi connectivity index (χ3v) is 8.85. The van der Waals surface area contributed by atoms with Gasteiger partial charge in [0.2, 0.25) is 0 Å². The van der Waals surface area contributed by atoms with Crippen molar-refractivity contribution < 1.29 is 9.53 Å². The molecule has 1 aliphatic heterocycles. The van der Waals surface area contributed by atoms with Crippen molar-refractivity contribution in [2.45, 2.75) is 38.3 Å². The van der Waals surface area contributed by atoms with Gasteiger partial charge in [0, 0.05) is 36.4 Å². The van der Waals surface area contributed by atoms with Crippen LogP contribution < -0.4 is 15.0 Å². The number of anilines is 2. The smallest absolute Gasteiger partial charge is 0.323 e. The molecule has 190 valence electrons. The van der Waals surface area contributed by atoms with Crippen LogP contribution in [0.25, 0.3) is 5.00 Å². The third-order valence-electron chi connectivity index (χ3n) is 7.51. The molecule has 1 N–H and O–H groups in total. The molecule has 7 heteroatoms. The Balaban J connectivity index is 1.48. The number of ether oxygens (including phenoxy) is 1. The number of thiophene rings is 1. The molecule has 0 saturated heterocycles. The van der Waals surface area contributed by atoms with E-state index in [1.807, 2.05) is 54.6 Å². The third kappa shape index (κ3) is 4.17. The number of carbonyl (C=O) groups excluding carboxylic acids is 1. The molecule has 1 atom stereocenters. The summed E-state index contributed by atoms with van der Waals surface area (Å²) in [5.41, 5.74) is 6.73. The number of hydrogen-bond acceptors (Lipinski definition) is 4. The van der Waals surface area contributed by atoms with Crippen LogP contribution in [-0.2, 0) is 19.4 Å². The second-order valence-corrected chi connectivity index (χ2v) is 11.0. The summed E-state index contributed by atoms with van der Waals surface area (Å²) >= 11 is 1.90. The summed E-state index contributed by atoms with van der Waals surface area (Å²) in [4.78, 5) is 19.7. The summed E-state index contributed by atoms with van der Waals surface area (Å²) in [7, 11) is 5.71. The largest absolute Gasteiger partial charge is 0.495 e. The Morgan fingerprint density at radius 2 is 1.78 bits per heavy atom. The van der Waals surface area contributed by atoms with Crippen LogP contribution >= 0.6 is 11.3 Å². The molecule has 0 saturated carbocycles. The number of rotatable bonds is 4. The first-order chi connectivity index (χ1) is 18.0. The van der Waals surface area contributed by atoms with E-state index in [1.165, 1.54) is 33.8 Å². The normalized spacial score (nSPS) is 16.3. The van der Waals surface area contributed by atoms with E-state index < -0.39 is 0 Å². The van der Waals surface area contributed by atoms with Gasteiger partial charge in [-0.3, -0.25) is 0 Å². The fraction of sp³-hybridized carbons (Fsp3) is 0.300. The van der Waals surface area contributed by atoms with E-state index in [9.17, 15) is 4.79 Å². The molecule has 4 aromatic rings. The van der Waals surface area contributed by atoms with E-state index in [4.69, 9.17) is 4.74 Å². The molecule has 6 rings (SSSR count). The number of amides is 2. The number of urea groups is 1. The van der Waals surface area contributed by atoms with Crippen molar-refractivity contribution in [2.24, 2.45) is 0 Å². The van der Waals surface area contributed by atoms with E-state index in [2.05, 4.69) is 57.4 Å². The molecule has 0 spiro atoms. The van der Waals surface area contributed by atoms with Gasteiger partial charge in [0.1, 0.15) is 10.8 Å². The Labute approximate surface area is 222 Å². The Morgan fingerprint density at radius 3 is 2.57 bits per heavy atom. The number of aryl methyl sites for hydroxylation is 1. The zero-order valence-electron chi connectivity index (χ0n) is 21.5. The van der Waals surface area contributed by atoms with Crippen molar-refractivity contribution in [3.05, 3.63) is 94.1 Å². The number of aromatic nitrogens is 1. The van der Waals surface area contributed by atoms with Gasteiger partial charge in [0.15, 0.2) is 0 Å². The van der Waals surface area contributed by atoms with Crippen LogP contribution in [0.2, 0.25) is 0 Å². The minimum absolute atomic E-state index is 0.137. The zero-order chi connectivity index (χ0) is 25.5. The molecule has 1 aliphatic carbocycles. The monoisotopic (exact) mass is 512 g/mol. The van der Waals surface area contributed by atoms with Gasteiger partial charge >= 0.3 is 6.03 Å². The minimum Gasteiger partial charge on any atom is -0.495 e. The highest BCUT2D eigenvalue weighted by Crippen LogP contribution is 2.44. The lowest BCUT2D eigenvalue weighted by atomic mass is 9.95. The summed E-state index contributed by atoms with van der Waals surface area (Å²) < 4.78 is 7.85. The Bertz CT molecular complexity index is 1440. The van der Waals surface area contributed by atoms with Gasteiger partial charge in [-0.1, -0.05) is 24.3 Å². The van der Waals surface area contributed by atoms with Crippen LogP contribution in [0.1, 0.15) is 46.1 Å². The summed E-state index contributed by atoms with van der Waals surface area (Å²) in [5, 5.41) is 4.42. The Kier molecular flexibility index (Phi) is 6.16. The minimum atomic E-state index is -0.236. The number of nitrogens with zero attached hydrogens (tertiary/aromatic N) is 3. The van der Waals surface area contributed by atoms with Gasteiger partial charge in [-0.05, 0) is 73.2 Å². The number of hydrogen-bond donors (Lipinski definition) is 1. The molecular formula is C30H32N4O2S. The van der Waals surface area contributed by atoms with Crippen LogP contribution in [0, 0.1) is 0 Å². The fourth-order valence-electron chi connectivity index (χ4n) is 5.63. The first kappa shape index (κ1) is 23.7. The Hall–Kier alpha value is -3.71. The molecule has 2 aromatic heterocycles. The van der Waals surface area contributed by atoms with E-state index >= 15 is 0 Å². The van der Waals surface area contributed by atoms with E-state index in [-0.39, 0.29) is 12.1 Å². The number of nitrogens with one attached hydrogen (secondary N) is 1. The fourth-order valence-corrected chi connectivity index (χ4v) is 7.03. The maximum Gasteiger partial charge on any atom is 0.323 e. The van der Waals surface area contributed by atoms with Crippen molar-refractivity contribution in [1.82, 2.24) is 9.47 Å². The molecule has 0 bridgehead atoms. The highest BCUT2D eigenvalue weighted by molar-refractivity contribution is 7.15. The average Bonchev–Trinajstić information content (AvgIpc) is 3.51. The SMILES string of the molecule is COc1ccccc1NC(=O)N1Cc2c(sc3c2CCCC3)-n2cccc2[C@@H]1c1ccc(N(C)C)cc1. The van der Waals surface area contributed by atoms with Crippen molar-refractivity contribution in [2.75, 3.05) is 31.4 Å². The van der Waals surface area contributed by atoms with Gasteiger partial charge in [0.25, 0.3) is 0 Å². The molecule has 2 aliphatic rings. The van der Waals surface area contributed by atoms with Crippen molar-refractivity contribution in [3.63, 3.8) is 0 Å². The molecule has 2 amide bonds. The molecule has 6 nitrogen and oxygen atoms in total. The lowest BCUT2D eigenvalue weighted by Gasteiger charge is -2.32. The number of methoxy groups -OCH3 is 1. The quantitative estimate of drug-likeness (QED) is 0.334. The molecule has 0 unspecified atom stereocenters. The molecule has 0 radical (unpaired) electrons. The van der Waals surface area contributed by atoms with E-state index in [0.29, 0.717) is 18.0 Å². The van der Waals surface area contributed by atoms with Crippen molar-refractivity contribution in [3.8, 4) is 10.8 Å². The number of fused-ring (bicyclic) bond motifs is 5. The lowest BCUT2D eigenvalue weighted by Crippen LogP contribution is -2.38. The molecule has 3 heterocycles. The van der Waals surface area contributed by atoms with Gasteiger partial charge in [-0.25, -0.2) is 4.79 Å². The summed E-state index contributed by atoms with van der Waals surface area (Å²) in [6.07, 6.45) is 6.81. The predicted octanol–water partition coefficient (Wildman–Crippen LogP) is 6.63. The maximum atomic E-state index is 14.1. The van der Waals surface area contributed by atoms with Crippen LogP contribution in [0.3, 0.4) is 0 Å². The average molecular weight is 513 g/mol. The van der Waals surface area contributed by atoms with Crippen LogP contribution in [-0.4, -0.2) is 36.7 Å². The van der Waals surface area contributed by atoms with Crippen LogP contribution in [0.5, 0.6) is 5.75 Å². The van der Waals surface area contributed by atoms with Gasteiger partial charge in [-0.15, -0.1) is 11.3 Å². The van der Waals surface area contributed by atoms with Crippen LogP contribution in [0.4, 0.5) is 16.2 Å². The predicted molar refractivity (Wildman–Crippen MR) is 150 cm³/mol. The maximum absolute atomic E-state index is 14.1. The summed E-state index contributed by atoms with van der Waals surface area (Å²) in [6.45, 7) is 0.559. The van der Waals surface area contributed by atoms with Crippen molar-refractivity contribution in [1.29, 1.82) is 0 Å². The second kappa shape index (κ2) is 9.63. The molecular weight excluding hydrogens is 480 g/mol. The highest BCUT2D eigenvalue weighted by Gasteiger charge is 2.36. The summed E-state index contributed by atoms with van der Waals surface area (Å²) in [5.74, 6) is 0.648. The first-order valence-corrected chi connectivity index (χ1v) is 13.7. The standard InChI is InChI=1S/C30H32N4O2S/c1-32(2)21-16-14-20(15-17-21)28-25-11-8-18-33(25)29-23(22-9-4-7-13-27(22)37-29)19-34(28)30(35)31-24-10-5-6-12-26(24)36-3/h5-6,8,10-12,14-18,28H,4,7,9,13,19H2,1-3H3,(H,31,35)/t28-/m0/s1. The van der Waals surface area contributed by atoms with Gasteiger partial charge < -0.3 is 24.4 Å². The number of benzene rings is 2. The molecule has 0 fully saturated rings. The Morgan fingerprint density at radius 1 is 1.00 bits per heavy atom. The molecule has 2 aromatic carbocycles. The first-order valence-electron chi connectivity index (χ1n) is 12.8. The second-order valence-electron chi connectivity index (χ2n) is 9.94. The summed E-state index contributed by atoms with van der Waals surface area (Å²) in [6, 6.07) is 20.0. The zero-order valence-corrected chi connectivity index (χ0v) is 22.3.